The third kappa shape index (κ3) is 5.00. The summed E-state index contributed by atoms with van der Waals surface area (Å²) in [6.07, 6.45) is 1.47. The summed E-state index contributed by atoms with van der Waals surface area (Å²) < 4.78 is 7.57. The lowest BCUT2D eigenvalue weighted by Gasteiger charge is -2.28. The van der Waals surface area contributed by atoms with Crippen LogP contribution in [0.15, 0.2) is 59.8 Å². The van der Waals surface area contributed by atoms with E-state index < -0.39 is 0 Å². The molecule has 176 valence electrons. The van der Waals surface area contributed by atoms with Gasteiger partial charge in [0.1, 0.15) is 0 Å². The number of nitrogens with zero attached hydrogens (tertiary/aromatic N) is 5. The highest BCUT2D eigenvalue weighted by Gasteiger charge is 2.23. The molecule has 2 aliphatic rings. The van der Waals surface area contributed by atoms with E-state index in [0.717, 1.165) is 48.4 Å². The maximum Gasteiger partial charge on any atom is 0.228 e. The van der Waals surface area contributed by atoms with Crippen LogP contribution in [0.2, 0.25) is 0 Å². The Morgan fingerprint density at radius 1 is 0.971 bits per heavy atom. The van der Waals surface area contributed by atoms with Crippen molar-refractivity contribution in [3.8, 4) is 0 Å². The highest BCUT2D eigenvalue weighted by molar-refractivity contribution is 7.99. The molecule has 2 saturated heterocycles. The van der Waals surface area contributed by atoms with E-state index in [0.29, 0.717) is 31.7 Å². The number of hydrogen-bond donors (Lipinski definition) is 0. The van der Waals surface area contributed by atoms with Crippen LogP contribution in [0.3, 0.4) is 0 Å². The zero-order valence-electron chi connectivity index (χ0n) is 18.9. The van der Waals surface area contributed by atoms with Crippen molar-refractivity contribution in [2.75, 3.05) is 48.4 Å². The predicted molar refractivity (Wildman–Crippen MR) is 132 cm³/mol. The average molecular weight is 478 g/mol. The van der Waals surface area contributed by atoms with Gasteiger partial charge in [-0.15, -0.1) is 10.2 Å². The highest BCUT2D eigenvalue weighted by atomic mass is 32.2. The molecule has 0 unspecified atom stereocenters. The van der Waals surface area contributed by atoms with Crippen LogP contribution >= 0.6 is 11.8 Å². The molecule has 0 aliphatic carbocycles. The number of amides is 1. The molecular weight excluding hydrogens is 450 g/mol. The molecular formula is C25H27N5O3S. The number of aromatic nitrogens is 3. The van der Waals surface area contributed by atoms with Gasteiger partial charge in [0, 0.05) is 37.3 Å². The first-order valence-electron chi connectivity index (χ1n) is 11.6. The van der Waals surface area contributed by atoms with Crippen LogP contribution in [0.25, 0.3) is 0 Å². The fraction of sp³-hybridized carbons (Fsp3) is 0.360. The van der Waals surface area contributed by atoms with Gasteiger partial charge in [-0.25, -0.2) is 0 Å². The summed E-state index contributed by atoms with van der Waals surface area (Å²) in [5, 5.41) is 9.61. The number of ether oxygens (including phenoxy) is 1. The summed E-state index contributed by atoms with van der Waals surface area (Å²) in [5.74, 6) is 1.23. The Hall–Kier alpha value is -3.17. The number of benzene rings is 2. The molecule has 2 fully saturated rings. The summed E-state index contributed by atoms with van der Waals surface area (Å²) >= 11 is 1.40. The molecule has 34 heavy (non-hydrogen) atoms. The minimum absolute atomic E-state index is 0.0199. The van der Waals surface area contributed by atoms with E-state index in [1.165, 1.54) is 11.8 Å². The predicted octanol–water partition coefficient (Wildman–Crippen LogP) is 3.26. The standard InChI is InChI=1S/C25H27N5O3S/c31-22(20-8-10-21(11-9-20)29-12-4-7-23(29)32)18-34-25-27-26-24(28-13-15-33-16-14-28)30(25)17-19-5-2-1-3-6-19/h1-3,5-6,8-11H,4,7,12-18H2. The van der Waals surface area contributed by atoms with Crippen molar-refractivity contribution in [2.24, 2.45) is 0 Å². The Balaban J connectivity index is 1.30. The number of carbonyl (C=O) groups is 2. The largest absolute Gasteiger partial charge is 0.378 e. The number of Topliss-reactive ketones (excluding diaryl/α,β-unsaturated/α-hetero) is 1. The number of rotatable bonds is 8. The number of ketones is 1. The first-order chi connectivity index (χ1) is 16.7. The van der Waals surface area contributed by atoms with Gasteiger partial charge < -0.3 is 14.5 Å². The molecule has 8 nitrogen and oxygen atoms in total. The Kier molecular flexibility index (Phi) is 6.92. The van der Waals surface area contributed by atoms with Crippen molar-refractivity contribution in [1.29, 1.82) is 0 Å². The number of anilines is 2. The normalized spacial score (nSPS) is 16.3. The Labute approximate surface area is 202 Å². The molecule has 0 spiro atoms. The monoisotopic (exact) mass is 477 g/mol. The van der Waals surface area contributed by atoms with Crippen LogP contribution in [0.1, 0.15) is 28.8 Å². The smallest absolute Gasteiger partial charge is 0.228 e. The lowest BCUT2D eigenvalue weighted by molar-refractivity contribution is -0.117. The van der Waals surface area contributed by atoms with Crippen LogP contribution < -0.4 is 9.80 Å². The molecule has 0 N–H and O–H groups in total. The number of morpholine rings is 1. The minimum atomic E-state index is 0.0199. The molecule has 0 atom stereocenters. The third-order valence-corrected chi connectivity index (χ3v) is 7.05. The maximum atomic E-state index is 12.9. The van der Waals surface area contributed by atoms with E-state index in [-0.39, 0.29) is 17.4 Å². The number of carbonyl (C=O) groups excluding carboxylic acids is 2. The molecule has 0 bridgehead atoms. The maximum absolute atomic E-state index is 12.9. The lowest BCUT2D eigenvalue weighted by Crippen LogP contribution is -2.38. The molecule has 2 aromatic carbocycles. The van der Waals surface area contributed by atoms with E-state index in [4.69, 9.17) is 4.74 Å². The molecule has 1 amide bonds. The third-order valence-electron chi connectivity index (χ3n) is 6.08. The summed E-state index contributed by atoms with van der Waals surface area (Å²) in [4.78, 5) is 28.8. The van der Waals surface area contributed by atoms with Crippen LogP contribution in [0.4, 0.5) is 11.6 Å². The zero-order valence-corrected chi connectivity index (χ0v) is 19.7. The van der Waals surface area contributed by atoms with Crippen LogP contribution in [-0.2, 0) is 16.1 Å². The van der Waals surface area contributed by atoms with E-state index in [2.05, 4.69) is 31.8 Å². The molecule has 3 heterocycles. The minimum Gasteiger partial charge on any atom is -0.378 e. The van der Waals surface area contributed by atoms with Crippen molar-refractivity contribution in [3.05, 3.63) is 65.7 Å². The van der Waals surface area contributed by atoms with Gasteiger partial charge in [-0.2, -0.15) is 0 Å². The van der Waals surface area contributed by atoms with Gasteiger partial charge >= 0.3 is 0 Å². The lowest BCUT2D eigenvalue weighted by atomic mass is 10.1. The topological polar surface area (TPSA) is 80.6 Å². The van der Waals surface area contributed by atoms with Gasteiger partial charge in [0.15, 0.2) is 10.9 Å². The van der Waals surface area contributed by atoms with Crippen LogP contribution in [0.5, 0.6) is 0 Å². The second-order valence-corrected chi connectivity index (χ2v) is 9.30. The number of thioether (sulfide) groups is 1. The van der Waals surface area contributed by atoms with Gasteiger partial charge in [0.05, 0.1) is 25.5 Å². The number of hydrogen-bond acceptors (Lipinski definition) is 7. The highest BCUT2D eigenvalue weighted by Crippen LogP contribution is 2.26. The molecule has 0 radical (unpaired) electrons. The van der Waals surface area contributed by atoms with Crippen molar-refractivity contribution in [2.45, 2.75) is 24.5 Å². The molecule has 0 saturated carbocycles. The molecule has 5 rings (SSSR count). The van der Waals surface area contributed by atoms with E-state index >= 15 is 0 Å². The van der Waals surface area contributed by atoms with Crippen molar-refractivity contribution in [3.63, 3.8) is 0 Å². The van der Waals surface area contributed by atoms with E-state index in [1.54, 1.807) is 17.0 Å². The van der Waals surface area contributed by atoms with Crippen molar-refractivity contribution in [1.82, 2.24) is 14.8 Å². The van der Waals surface area contributed by atoms with Gasteiger partial charge in [0.2, 0.25) is 11.9 Å². The molecule has 1 aromatic heterocycles. The molecule has 9 heteroatoms. The summed E-state index contributed by atoms with van der Waals surface area (Å²) in [5.41, 5.74) is 2.63. The SMILES string of the molecule is O=C(CSc1nnc(N2CCOCC2)n1Cc1ccccc1)c1ccc(N2CCCC2=O)cc1. The zero-order chi connectivity index (χ0) is 23.3. The van der Waals surface area contributed by atoms with Crippen molar-refractivity contribution >= 4 is 35.1 Å². The quantitative estimate of drug-likeness (QED) is 0.364. The first kappa shape index (κ1) is 22.6. The Morgan fingerprint density at radius 2 is 1.74 bits per heavy atom. The second kappa shape index (κ2) is 10.4. The molecule has 3 aromatic rings. The summed E-state index contributed by atoms with van der Waals surface area (Å²) in [7, 11) is 0. The summed E-state index contributed by atoms with van der Waals surface area (Å²) in [6.45, 7) is 4.24. The van der Waals surface area contributed by atoms with Gasteiger partial charge in [-0.05, 0) is 36.2 Å². The Morgan fingerprint density at radius 3 is 2.44 bits per heavy atom. The van der Waals surface area contributed by atoms with Crippen molar-refractivity contribution < 1.29 is 14.3 Å². The van der Waals surface area contributed by atoms with Crippen LogP contribution in [-0.4, -0.2) is 65.1 Å². The average Bonchev–Trinajstić information content (AvgIpc) is 3.49. The first-order valence-corrected chi connectivity index (χ1v) is 12.5. The second-order valence-electron chi connectivity index (χ2n) is 8.36. The Bertz CT molecular complexity index is 1140. The van der Waals surface area contributed by atoms with Crippen LogP contribution in [0, 0.1) is 0 Å². The fourth-order valence-electron chi connectivity index (χ4n) is 4.25. The van der Waals surface area contributed by atoms with E-state index in [9.17, 15) is 9.59 Å². The summed E-state index contributed by atoms with van der Waals surface area (Å²) in [6, 6.07) is 17.5. The fourth-order valence-corrected chi connectivity index (χ4v) is 5.08. The van der Waals surface area contributed by atoms with Gasteiger partial charge in [-0.1, -0.05) is 42.1 Å². The molecule has 2 aliphatic heterocycles. The van der Waals surface area contributed by atoms with Gasteiger partial charge in [0.25, 0.3) is 0 Å². The van der Waals surface area contributed by atoms with E-state index in [1.807, 2.05) is 30.3 Å². The van der Waals surface area contributed by atoms with Gasteiger partial charge in [-0.3, -0.25) is 14.2 Å².